The maximum Gasteiger partial charge on any atom is 0.490 e. The van der Waals surface area contributed by atoms with Crippen molar-refractivity contribution in [3.05, 3.63) is 0 Å². The van der Waals surface area contributed by atoms with E-state index in [4.69, 9.17) is 23.2 Å². The largest absolute Gasteiger partial charge is 0.490 e. The number of alkyl halides is 5. The summed E-state index contributed by atoms with van der Waals surface area (Å²) in [7, 11) is 0. The quantitative estimate of drug-likeness (QED) is 0.514. The van der Waals surface area contributed by atoms with Crippen molar-refractivity contribution in [2.24, 2.45) is 0 Å². The van der Waals surface area contributed by atoms with Crippen molar-refractivity contribution in [1.82, 2.24) is 0 Å². The predicted molar refractivity (Wildman–Crippen MR) is 32.5 cm³/mol. The van der Waals surface area contributed by atoms with Crippen molar-refractivity contribution in [2.45, 2.75) is 11.0 Å². The number of rotatable bonds is 2. The second-order valence-electron chi connectivity index (χ2n) is 1.49. The number of carbonyl (C=O) groups is 1. The first kappa shape index (κ1) is 10.8. The van der Waals surface area contributed by atoms with Crippen LogP contribution in [0.25, 0.3) is 0 Å². The Morgan fingerprint density at radius 3 is 2.18 bits per heavy atom. The molecule has 0 aromatic rings. The van der Waals surface area contributed by atoms with E-state index in [1.54, 1.807) is 0 Å². The maximum atomic E-state index is 11.3. The third-order valence-corrected chi connectivity index (χ3v) is 0.824. The van der Waals surface area contributed by atoms with Crippen molar-refractivity contribution in [3.63, 3.8) is 0 Å². The molecule has 2 nitrogen and oxygen atoms in total. The van der Waals surface area contributed by atoms with Crippen LogP contribution >= 0.6 is 23.2 Å². The summed E-state index contributed by atoms with van der Waals surface area (Å²) in [5.41, 5.74) is 0. The molecule has 0 rings (SSSR count). The van der Waals surface area contributed by atoms with E-state index < -0.39 is 23.6 Å². The molecule has 0 bridgehead atoms. The van der Waals surface area contributed by atoms with Crippen LogP contribution < -0.4 is 0 Å². The number of hydrogen-bond donors (Lipinski definition) is 0. The second kappa shape index (κ2) is 4.01. The molecule has 0 aliphatic heterocycles. The van der Waals surface area contributed by atoms with Gasteiger partial charge in [0.15, 0.2) is 0 Å². The van der Waals surface area contributed by atoms with Gasteiger partial charge in [-0.2, -0.15) is 13.2 Å². The predicted octanol–water partition coefficient (Wildman–Crippen LogP) is 1.90. The monoisotopic (exact) mass is 210 g/mol. The third-order valence-electron chi connectivity index (χ3n) is 0.572. The van der Waals surface area contributed by atoms with E-state index in [0.717, 1.165) is 0 Å². The molecule has 0 aliphatic carbocycles. The van der Waals surface area contributed by atoms with Gasteiger partial charge < -0.3 is 4.74 Å². The summed E-state index contributed by atoms with van der Waals surface area (Å²) in [6.45, 7) is -0.665. The fourth-order valence-electron chi connectivity index (χ4n) is 0.221. The number of carbonyl (C=O) groups excluding carboxylic acids is 1. The molecule has 0 N–H and O–H groups in total. The van der Waals surface area contributed by atoms with Gasteiger partial charge in [-0.25, -0.2) is 4.79 Å². The van der Waals surface area contributed by atoms with Gasteiger partial charge in [0, 0.05) is 0 Å². The summed E-state index contributed by atoms with van der Waals surface area (Å²) in [6, 6.07) is 0. The average molecular weight is 211 g/mol. The van der Waals surface area contributed by atoms with Crippen LogP contribution in [0.5, 0.6) is 0 Å². The van der Waals surface area contributed by atoms with Gasteiger partial charge in [0.25, 0.3) is 0 Å². The lowest BCUT2D eigenvalue weighted by atomic mass is 10.6. The molecular weight excluding hydrogens is 208 g/mol. The van der Waals surface area contributed by atoms with Crippen molar-refractivity contribution in [1.29, 1.82) is 0 Å². The Bertz CT molecular complexity index is 145. The van der Waals surface area contributed by atoms with E-state index in [2.05, 4.69) is 4.74 Å². The summed E-state index contributed by atoms with van der Waals surface area (Å²) >= 11 is 9.99. The zero-order chi connectivity index (χ0) is 9.07. The summed E-state index contributed by atoms with van der Waals surface area (Å²) in [6.07, 6.45) is -4.98. The summed E-state index contributed by atoms with van der Waals surface area (Å²) in [5.74, 6) is -2.29. The molecule has 0 amide bonds. The summed E-state index contributed by atoms with van der Waals surface area (Å²) < 4.78 is 37.7. The van der Waals surface area contributed by atoms with E-state index in [9.17, 15) is 18.0 Å². The zero-order valence-electron chi connectivity index (χ0n) is 4.99. The van der Waals surface area contributed by atoms with Gasteiger partial charge in [-0.05, 0) is 0 Å². The van der Waals surface area contributed by atoms with E-state index in [0.29, 0.717) is 0 Å². The van der Waals surface area contributed by atoms with Crippen LogP contribution in [0.4, 0.5) is 13.2 Å². The first-order valence-corrected chi connectivity index (χ1v) is 3.23. The van der Waals surface area contributed by atoms with Gasteiger partial charge >= 0.3 is 12.1 Å². The lowest BCUT2D eigenvalue weighted by molar-refractivity contribution is -0.199. The Morgan fingerprint density at radius 2 is 1.91 bits per heavy atom. The Hall–Kier alpha value is -0.160. The van der Waals surface area contributed by atoms with E-state index >= 15 is 0 Å². The Balaban J connectivity index is 3.71. The minimum Gasteiger partial charge on any atom is -0.456 e. The normalized spacial score (nSPS) is 11.8. The molecule has 0 aromatic carbocycles. The Kier molecular flexibility index (Phi) is 3.96. The molecule has 0 unspecified atom stereocenters. The number of halogens is 5. The van der Waals surface area contributed by atoms with E-state index in [-0.39, 0.29) is 0 Å². The van der Waals surface area contributed by atoms with E-state index in [1.165, 1.54) is 0 Å². The third kappa shape index (κ3) is 5.15. The molecule has 7 heteroatoms. The smallest absolute Gasteiger partial charge is 0.456 e. The van der Waals surface area contributed by atoms with Gasteiger partial charge in [-0.1, -0.05) is 0 Å². The fourth-order valence-corrected chi connectivity index (χ4v) is 0.347. The molecule has 0 spiro atoms. The minimum atomic E-state index is -4.98. The highest BCUT2D eigenvalue weighted by molar-refractivity contribution is 6.44. The molecular formula is C4H3Cl2F3O2. The van der Waals surface area contributed by atoms with Gasteiger partial charge in [0.2, 0.25) is 0 Å². The standard InChI is InChI=1S/C4H3Cl2F3O2/c5-2(6)1-11-3(10)4(7,8)9/h2H,1H2. The minimum absolute atomic E-state index is 0.665. The van der Waals surface area contributed by atoms with Crippen molar-refractivity contribution < 1.29 is 22.7 Å². The molecule has 0 aliphatic rings. The van der Waals surface area contributed by atoms with Gasteiger partial charge in [-0.3, -0.25) is 0 Å². The number of ether oxygens (including phenoxy) is 1. The topological polar surface area (TPSA) is 26.3 Å². The van der Waals surface area contributed by atoms with Crippen LogP contribution in [-0.4, -0.2) is 23.6 Å². The molecule has 0 saturated heterocycles. The number of esters is 1. The molecule has 0 fully saturated rings. The summed E-state index contributed by atoms with van der Waals surface area (Å²) in [5, 5.41) is 0. The molecule has 66 valence electrons. The van der Waals surface area contributed by atoms with Crippen LogP contribution in [0, 0.1) is 0 Å². The van der Waals surface area contributed by atoms with E-state index in [1.807, 2.05) is 0 Å². The van der Waals surface area contributed by atoms with Crippen LogP contribution in [0.3, 0.4) is 0 Å². The molecule has 11 heavy (non-hydrogen) atoms. The van der Waals surface area contributed by atoms with Crippen LogP contribution in [-0.2, 0) is 9.53 Å². The van der Waals surface area contributed by atoms with Crippen LogP contribution in [0.1, 0.15) is 0 Å². The van der Waals surface area contributed by atoms with Gasteiger partial charge in [-0.15, -0.1) is 23.2 Å². The van der Waals surface area contributed by atoms with Crippen molar-refractivity contribution >= 4 is 29.2 Å². The fraction of sp³-hybridized carbons (Fsp3) is 0.750. The molecule has 0 atom stereocenters. The second-order valence-corrected chi connectivity index (χ2v) is 2.76. The Labute approximate surface area is 70.2 Å². The molecule has 0 saturated carbocycles. The van der Waals surface area contributed by atoms with Crippen LogP contribution in [0.15, 0.2) is 0 Å². The molecule has 0 aromatic heterocycles. The molecule has 0 heterocycles. The maximum absolute atomic E-state index is 11.3. The summed E-state index contributed by atoms with van der Waals surface area (Å²) in [4.78, 5) is 8.77. The highest BCUT2D eigenvalue weighted by Crippen LogP contribution is 2.17. The van der Waals surface area contributed by atoms with Crippen molar-refractivity contribution in [2.75, 3.05) is 6.61 Å². The zero-order valence-corrected chi connectivity index (χ0v) is 6.50. The van der Waals surface area contributed by atoms with Gasteiger partial charge in [0.05, 0.1) is 0 Å². The average Bonchev–Trinajstić information content (AvgIpc) is 1.80. The van der Waals surface area contributed by atoms with Crippen LogP contribution in [0.2, 0.25) is 0 Å². The SMILES string of the molecule is O=C(OCC(Cl)Cl)C(F)(F)F. The first-order chi connectivity index (χ1) is 4.84. The van der Waals surface area contributed by atoms with Crippen molar-refractivity contribution in [3.8, 4) is 0 Å². The first-order valence-electron chi connectivity index (χ1n) is 2.36. The number of hydrogen-bond acceptors (Lipinski definition) is 2. The Morgan fingerprint density at radius 1 is 1.45 bits per heavy atom. The lowest BCUT2D eigenvalue weighted by Gasteiger charge is -2.06. The highest BCUT2D eigenvalue weighted by atomic mass is 35.5. The lowest BCUT2D eigenvalue weighted by Crippen LogP contribution is -2.26. The highest BCUT2D eigenvalue weighted by Gasteiger charge is 2.41. The molecule has 0 radical (unpaired) electrons. The van der Waals surface area contributed by atoms with Gasteiger partial charge in [0.1, 0.15) is 11.4 Å².